The normalized spacial score (nSPS) is 10.7. The molecule has 8 nitrogen and oxygen atoms in total. The van der Waals surface area contributed by atoms with Crippen LogP contribution in [0.3, 0.4) is 0 Å². The molecule has 31 heavy (non-hydrogen) atoms. The smallest absolute Gasteiger partial charge is 0.250 e. The van der Waals surface area contributed by atoms with Gasteiger partial charge in [0.15, 0.2) is 0 Å². The summed E-state index contributed by atoms with van der Waals surface area (Å²) in [5.41, 5.74) is 8.75. The van der Waals surface area contributed by atoms with Gasteiger partial charge in [0.25, 0.3) is 0 Å². The van der Waals surface area contributed by atoms with Crippen LogP contribution >= 0.6 is 0 Å². The number of anilines is 4. The molecule has 0 saturated heterocycles. The Labute approximate surface area is 179 Å². The van der Waals surface area contributed by atoms with Gasteiger partial charge >= 0.3 is 0 Å². The number of aromatic hydroxyl groups is 1. The number of phenolic OH excluding ortho intramolecular Hbond substituents is 1. The highest BCUT2D eigenvalue weighted by Gasteiger charge is 2.17. The molecule has 0 unspecified atom stereocenters. The summed E-state index contributed by atoms with van der Waals surface area (Å²) >= 11 is 0. The summed E-state index contributed by atoms with van der Waals surface area (Å²) in [4.78, 5) is 22.6. The van der Waals surface area contributed by atoms with Gasteiger partial charge in [-0.05, 0) is 30.3 Å². The van der Waals surface area contributed by atoms with Crippen LogP contribution in [0.25, 0.3) is 11.0 Å². The van der Waals surface area contributed by atoms with E-state index >= 15 is 0 Å². The van der Waals surface area contributed by atoms with Crippen LogP contribution in [0.15, 0.2) is 79.8 Å². The molecule has 1 amide bonds. The number of nitrogens with one attached hydrogen (secondary N) is 1. The van der Waals surface area contributed by atoms with Crippen LogP contribution < -0.4 is 16.0 Å². The van der Waals surface area contributed by atoms with E-state index in [1.54, 1.807) is 23.1 Å². The topological polar surface area (TPSA) is 109 Å². The number of nitrogen functional groups attached to an aromatic ring is 1. The minimum atomic E-state index is -0.190. The standard InChI is InChI=1S/C23H22N6O2/c1-2-20(31)29(16-8-4-3-5-9-16)13-12-28-14-18(21-22(24)25-15-26-23(21)28)27-17-10-6-7-11-19(17)30/h2-11,14-15,27,30H,1,12-13H2,(H2,24,25,26). The maximum atomic E-state index is 12.4. The molecule has 0 saturated carbocycles. The number of fused-ring (bicyclic) bond motifs is 1. The highest BCUT2D eigenvalue weighted by molar-refractivity contribution is 6.01. The number of phenols is 1. The number of para-hydroxylation sites is 3. The van der Waals surface area contributed by atoms with Crippen molar-refractivity contribution in [3.8, 4) is 5.75 Å². The molecule has 2 aromatic carbocycles. The van der Waals surface area contributed by atoms with E-state index in [9.17, 15) is 9.90 Å². The third-order valence-electron chi connectivity index (χ3n) is 4.93. The molecule has 0 spiro atoms. The summed E-state index contributed by atoms with van der Waals surface area (Å²) in [7, 11) is 0. The Morgan fingerprint density at radius 3 is 2.61 bits per heavy atom. The van der Waals surface area contributed by atoms with Crippen molar-refractivity contribution < 1.29 is 9.90 Å². The van der Waals surface area contributed by atoms with Crippen LogP contribution in [0.4, 0.5) is 22.9 Å². The zero-order valence-electron chi connectivity index (χ0n) is 16.8. The molecule has 4 rings (SSSR count). The molecule has 0 atom stereocenters. The second-order valence-corrected chi connectivity index (χ2v) is 6.87. The van der Waals surface area contributed by atoms with Crippen LogP contribution in [0.1, 0.15) is 0 Å². The van der Waals surface area contributed by atoms with Gasteiger partial charge in [0.1, 0.15) is 23.5 Å². The molecule has 4 aromatic rings. The van der Waals surface area contributed by atoms with Gasteiger partial charge in [0.2, 0.25) is 5.91 Å². The van der Waals surface area contributed by atoms with Crippen molar-refractivity contribution in [2.45, 2.75) is 6.54 Å². The Morgan fingerprint density at radius 2 is 1.87 bits per heavy atom. The summed E-state index contributed by atoms with van der Waals surface area (Å²) < 4.78 is 1.90. The van der Waals surface area contributed by atoms with Gasteiger partial charge in [-0.2, -0.15) is 0 Å². The molecule has 0 bridgehead atoms. The molecular formula is C23H22N6O2. The molecule has 0 radical (unpaired) electrons. The first-order chi connectivity index (χ1) is 15.1. The zero-order chi connectivity index (χ0) is 21.8. The molecule has 2 aromatic heterocycles. The van der Waals surface area contributed by atoms with Crippen molar-refractivity contribution in [3.05, 3.63) is 79.8 Å². The van der Waals surface area contributed by atoms with E-state index < -0.39 is 0 Å². The van der Waals surface area contributed by atoms with Gasteiger partial charge in [-0.1, -0.05) is 36.9 Å². The van der Waals surface area contributed by atoms with E-state index in [2.05, 4.69) is 21.9 Å². The van der Waals surface area contributed by atoms with E-state index in [0.717, 1.165) is 5.69 Å². The third-order valence-corrected chi connectivity index (χ3v) is 4.93. The Kier molecular flexibility index (Phi) is 5.53. The predicted molar refractivity (Wildman–Crippen MR) is 122 cm³/mol. The van der Waals surface area contributed by atoms with Gasteiger partial charge < -0.3 is 25.6 Å². The number of hydrogen-bond donors (Lipinski definition) is 3. The van der Waals surface area contributed by atoms with Crippen LogP contribution in [0, 0.1) is 0 Å². The van der Waals surface area contributed by atoms with Gasteiger partial charge in [0, 0.05) is 25.0 Å². The number of aromatic nitrogens is 3. The first kappa shape index (κ1) is 20.0. The summed E-state index contributed by atoms with van der Waals surface area (Å²) in [6, 6.07) is 16.3. The Balaban J connectivity index is 1.68. The Hall–Kier alpha value is -4.33. The fraction of sp³-hybridized carbons (Fsp3) is 0.0870. The number of carbonyl (C=O) groups is 1. The lowest BCUT2D eigenvalue weighted by molar-refractivity contribution is -0.114. The average Bonchev–Trinajstić information content (AvgIpc) is 3.14. The fourth-order valence-electron chi connectivity index (χ4n) is 3.43. The molecule has 8 heteroatoms. The van der Waals surface area contributed by atoms with Gasteiger partial charge in [-0.15, -0.1) is 0 Å². The second-order valence-electron chi connectivity index (χ2n) is 6.87. The van der Waals surface area contributed by atoms with Gasteiger partial charge in [-0.3, -0.25) is 4.79 Å². The number of benzene rings is 2. The quantitative estimate of drug-likeness (QED) is 0.314. The lowest BCUT2D eigenvalue weighted by Crippen LogP contribution is -2.32. The first-order valence-electron chi connectivity index (χ1n) is 9.72. The van der Waals surface area contributed by atoms with Crippen LogP contribution in [0.2, 0.25) is 0 Å². The van der Waals surface area contributed by atoms with Crippen molar-refractivity contribution >= 4 is 39.8 Å². The molecule has 2 heterocycles. The molecular weight excluding hydrogens is 392 g/mol. The van der Waals surface area contributed by atoms with Crippen molar-refractivity contribution in [3.63, 3.8) is 0 Å². The highest BCUT2D eigenvalue weighted by atomic mass is 16.3. The number of nitrogens with zero attached hydrogens (tertiary/aromatic N) is 4. The molecule has 0 aliphatic rings. The zero-order valence-corrected chi connectivity index (χ0v) is 16.8. The summed E-state index contributed by atoms with van der Waals surface area (Å²) in [6.07, 6.45) is 4.55. The number of hydrogen-bond acceptors (Lipinski definition) is 6. The second kappa shape index (κ2) is 8.58. The maximum absolute atomic E-state index is 12.4. The van der Waals surface area contributed by atoms with E-state index in [4.69, 9.17) is 5.73 Å². The van der Waals surface area contributed by atoms with Crippen molar-refractivity contribution in [2.24, 2.45) is 0 Å². The number of amides is 1. The molecule has 0 aliphatic heterocycles. The van der Waals surface area contributed by atoms with E-state index in [1.165, 1.54) is 12.4 Å². The maximum Gasteiger partial charge on any atom is 0.250 e. The van der Waals surface area contributed by atoms with E-state index in [1.807, 2.05) is 47.2 Å². The molecule has 0 aliphatic carbocycles. The van der Waals surface area contributed by atoms with E-state index in [0.29, 0.717) is 41.3 Å². The number of nitrogens with two attached hydrogens (primary N) is 1. The van der Waals surface area contributed by atoms with Crippen LogP contribution in [0.5, 0.6) is 5.75 Å². The van der Waals surface area contributed by atoms with E-state index in [-0.39, 0.29) is 11.7 Å². The van der Waals surface area contributed by atoms with Crippen LogP contribution in [-0.4, -0.2) is 32.1 Å². The summed E-state index contributed by atoms with van der Waals surface area (Å²) in [5.74, 6) is 0.249. The fourth-order valence-corrected chi connectivity index (χ4v) is 3.43. The summed E-state index contributed by atoms with van der Waals surface area (Å²) in [6.45, 7) is 4.48. The molecule has 4 N–H and O–H groups in total. The molecule has 0 fully saturated rings. The average molecular weight is 414 g/mol. The van der Waals surface area contributed by atoms with Crippen molar-refractivity contribution in [2.75, 3.05) is 22.5 Å². The third kappa shape index (κ3) is 4.04. The summed E-state index contributed by atoms with van der Waals surface area (Å²) in [5, 5.41) is 14.0. The van der Waals surface area contributed by atoms with Gasteiger partial charge in [0.05, 0.1) is 16.8 Å². The predicted octanol–water partition coefficient (Wildman–Crippen LogP) is 3.68. The van der Waals surface area contributed by atoms with Crippen molar-refractivity contribution in [1.29, 1.82) is 0 Å². The lowest BCUT2D eigenvalue weighted by atomic mass is 10.2. The highest BCUT2D eigenvalue weighted by Crippen LogP contribution is 2.33. The minimum absolute atomic E-state index is 0.116. The monoisotopic (exact) mass is 414 g/mol. The molecule has 156 valence electrons. The lowest BCUT2D eigenvalue weighted by Gasteiger charge is -2.21. The van der Waals surface area contributed by atoms with Crippen LogP contribution in [-0.2, 0) is 11.3 Å². The first-order valence-corrected chi connectivity index (χ1v) is 9.72. The van der Waals surface area contributed by atoms with Crippen molar-refractivity contribution in [1.82, 2.24) is 14.5 Å². The minimum Gasteiger partial charge on any atom is -0.506 e. The largest absolute Gasteiger partial charge is 0.506 e. The number of rotatable bonds is 7. The Morgan fingerprint density at radius 1 is 1.13 bits per heavy atom. The Bertz CT molecular complexity index is 1240. The number of carbonyl (C=O) groups excluding carboxylic acids is 1. The van der Waals surface area contributed by atoms with Gasteiger partial charge in [-0.25, -0.2) is 9.97 Å². The SMILES string of the molecule is C=CC(=O)N(CCn1cc(Nc2ccccc2O)c2c(N)ncnc21)c1ccccc1.